The van der Waals surface area contributed by atoms with Gasteiger partial charge in [0.2, 0.25) is 5.91 Å². The number of imidazole rings is 1. The summed E-state index contributed by atoms with van der Waals surface area (Å²) in [7, 11) is 0. The van der Waals surface area contributed by atoms with Gasteiger partial charge in [-0.15, -0.1) is 0 Å². The molecule has 0 unspecified atom stereocenters. The Labute approximate surface area is 148 Å². The van der Waals surface area contributed by atoms with Gasteiger partial charge in [0.1, 0.15) is 30.3 Å². The number of aliphatic hydroxyl groups is 1. The van der Waals surface area contributed by atoms with Crippen LogP contribution in [0.25, 0.3) is 0 Å². The van der Waals surface area contributed by atoms with E-state index in [0.717, 1.165) is 23.6 Å². The van der Waals surface area contributed by atoms with Crippen molar-refractivity contribution in [1.29, 1.82) is 0 Å². The van der Waals surface area contributed by atoms with Crippen LogP contribution in [0.15, 0.2) is 36.7 Å². The highest BCUT2D eigenvalue weighted by molar-refractivity contribution is 5.76. The van der Waals surface area contributed by atoms with Crippen molar-refractivity contribution in [3.8, 4) is 5.75 Å². The van der Waals surface area contributed by atoms with E-state index in [9.17, 15) is 9.90 Å². The summed E-state index contributed by atoms with van der Waals surface area (Å²) < 4.78 is 7.66. The maximum absolute atomic E-state index is 12.5. The molecule has 1 saturated heterocycles. The number of para-hydroxylation sites is 1. The van der Waals surface area contributed by atoms with Crippen LogP contribution < -0.4 is 4.74 Å². The molecule has 0 spiro atoms. The number of nitrogens with zero attached hydrogens (tertiary/aromatic N) is 3. The molecule has 3 rings (SSSR count). The van der Waals surface area contributed by atoms with Crippen LogP contribution in [0, 0.1) is 6.92 Å². The summed E-state index contributed by atoms with van der Waals surface area (Å²) in [6.45, 7) is 5.28. The lowest BCUT2D eigenvalue weighted by Gasteiger charge is -2.24. The Morgan fingerprint density at radius 3 is 2.96 bits per heavy atom. The molecule has 0 aliphatic carbocycles. The van der Waals surface area contributed by atoms with Gasteiger partial charge in [0.05, 0.1) is 6.54 Å². The summed E-state index contributed by atoms with van der Waals surface area (Å²) in [5.41, 5.74) is 0.0322. The number of aryl methyl sites for hydroxylation is 2. The normalized spacial score (nSPS) is 20.0. The molecule has 1 aromatic carbocycles. The lowest BCUT2D eigenvalue weighted by atomic mass is 10.1. The molecule has 1 aromatic heterocycles. The predicted molar refractivity (Wildman–Crippen MR) is 94.4 cm³/mol. The van der Waals surface area contributed by atoms with E-state index < -0.39 is 5.60 Å². The van der Waals surface area contributed by atoms with Gasteiger partial charge >= 0.3 is 0 Å². The second-order valence-corrected chi connectivity index (χ2v) is 6.67. The molecule has 0 saturated carbocycles. The van der Waals surface area contributed by atoms with Crippen LogP contribution in [0.3, 0.4) is 0 Å². The van der Waals surface area contributed by atoms with Crippen LogP contribution in [0.5, 0.6) is 5.75 Å². The molecule has 25 heavy (non-hydrogen) atoms. The van der Waals surface area contributed by atoms with Crippen molar-refractivity contribution in [2.75, 3.05) is 19.7 Å². The zero-order chi connectivity index (χ0) is 17.9. The number of β-amino-alcohol motifs (C(OH)–C–C–N with tert-alkyl or cyclic N) is 1. The van der Waals surface area contributed by atoms with Crippen LogP contribution >= 0.6 is 0 Å². The van der Waals surface area contributed by atoms with Gasteiger partial charge in [-0.25, -0.2) is 4.98 Å². The molecule has 1 aliphatic heterocycles. The monoisotopic (exact) mass is 343 g/mol. The fourth-order valence-electron chi connectivity index (χ4n) is 3.16. The van der Waals surface area contributed by atoms with Crippen LogP contribution in [-0.2, 0) is 17.8 Å². The molecule has 1 atom stereocenters. The Morgan fingerprint density at radius 2 is 2.20 bits per heavy atom. The summed E-state index contributed by atoms with van der Waals surface area (Å²) in [4.78, 5) is 18.5. The van der Waals surface area contributed by atoms with Gasteiger partial charge in [-0.3, -0.25) is 4.79 Å². The molecule has 2 heterocycles. The first-order valence-corrected chi connectivity index (χ1v) is 8.69. The predicted octanol–water partition coefficient (Wildman–Crippen LogP) is 1.80. The average Bonchev–Trinajstić information content (AvgIpc) is 3.21. The number of likely N-dealkylation sites (tertiary alicyclic amines) is 1. The zero-order valence-corrected chi connectivity index (χ0v) is 14.8. The average molecular weight is 343 g/mol. The van der Waals surface area contributed by atoms with E-state index in [1.54, 1.807) is 11.1 Å². The third-order valence-electron chi connectivity index (χ3n) is 4.70. The molecule has 6 nitrogen and oxygen atoms in total. The topological polar surface area (TPSA) is 67.6 Å². The third kappa shape index (κ3) is 4.02. The molecule has 1 fully saturated rings. The number of hydrogen-bond donors (Lipinski definition) is 1. The number of carbonyl (C=O) groups excluding carboxylic acids is 1. The van der Waals surface area contributed by atoms with E-state index >= 15 is 0 Å². The summed E-state index contributed by atoms with van der Waals surface area (Å²) in [5.74, 6) is 1.66. The van der Waals surface area contributed by atoms with E-state index in [-0.39, 0.29) is 19.1 Å². The van der Waals surface area contributed by atoms with Gasteiger partial charge in [-0.1, -0.05) is 25.1 Å². The van der Waals surface area contributed by atoms with E-state index in [1.165, 1.54) is 0 Å². The smallest absolute Gasteiger partial charge is 0.242 e. The summed E-state index contributed by atoms with van der Waals surface area (Å²) in [6, 6.07) is 7.73. The molecule has 134 valence electrons. The van der Waals surface area contributed by atoms with Crippen molar-refractivity contribution in [2.24, 2.45) is 0 Å². The lowest BCUT2D eigenvalue weighted by Crippen LogP contribution is -2.41. The highest BCUT2D eigenvalue weighted by Crippen LogP contribution is 2.24. The van der Waals surface area contributed by atoms with Crippen molar-refractivity contribution in [1.82, 2.24) is 14.5 Å². The Hall–Kier alpha value is -2.34. The molecule has 1 aliphatic rings. The Morgan fingerprint density at radius 1 is 1.40 bits per heavy atom. The van der Waals surface area contributed by atoms with Gasteiger partial charge in [0.15, 0.2) is 0 Å². The number of ether oxygens (including phenoxy) is 1. The van der Waals surface area contributed by atoms with Crippen molar-refractivity contribution in [2.45, 2.75) is 38.8 Å². The van der Waals surface area contributed by atoms with E-state index in [2.05, 4.69) is 4.98 Å². The Kier molecular flexibility index (Phi) is 5.08. The molecule has 0 bridgehead atoms. The van der Waals surface area contributed by atoms with Crippen molar-refractivity contribution >= 4 is 5.91 Å². The van der Waals surface area contributed by atoms with Gasteiger partial charge in [-0.05, 0) is 25.0 Å². The van der Waals surface area contributed by atoms with E-state index in [0.29, 0.717) is 19.5 Å². The zero-order valence-electron chi connectivity index (χ0n) is 14.8. The Balaban J connectivity index is 1.56. The van der Waals surface area contributed by atoms with Gasteiger partial charge in [-0.2, -0.15) is 0 Å². The minimum absolute atomic E-state index is 0.000448. The largest absolute Gasteiger partial charge is 0.490 e. The summed E-state index contributed by atoms with van der Waals surface area (Å²) >= 11 is 0. The molecule has 2 aromatic rings. The molecule has 1 N–H and O–H groups in total. The Bertz CT molecular complexity index is 743. The van der Waals surface area contributed by atoms with Gasteiger partial charge < -0.3 is 19.3 Å². The second-order valence-electron chi connectivity index (χ2n) is 6.67. The van der Waals surface area contributed by atoms with Gasteiger partial charge in [0.25, 0.3) is 0 Å². The maximum Gasteiger partial charge on any atom is 0.242 e. The first kappa shape index (κ1) is 17.5. The fourth-order valence-corrected chi connectivity index (χ4v) is 3.16. The van der Waals surface area contributed by atoms with Crippen LogP contribution in [0.1, 0.15) is 24.7 Å². The lowest BCUT2D eigenvalue weighted by molar-refractivity contribution is -0.132. The second kappa shape index (κ2) is 7.27. The molecule has 1 amide bonds. The molecular weight excluding hydrogens is 318 g/mol. The standard InChI is InChI=1S/C19H25N3O3/c1-3-17-20-9-11-21(17)12-18(23)22-10-8-19(24,13-22)14-25-16-7-5-4-6-15(16)2/h4-7,9,11,24H,3,8,10,12-14H2,1-2H3/t19-/m0/s1. The van der Waals surface area contributed by atoms with Crippen LogP contribution in [0.4, 0.5) is 0 Å². The van der Waals surface area contributed by atoms with Crippen LogP contribution in [-0.4, -0.2) is 50.8 Å². The molecular formula is C19H25N3O3. The fraction of sp³-hybridized carbons (Fsp3) is 0.474. The van der Waals surface area contributed by atoms with Gasteiger partial charge in [0, 0.05) is 25.4 Å². The highest BCUT2D eigenvalue weighted by Gasteiger charge is 2.39. The minimum atomic E-state index is -1.000. The van der Waals surface area contributed by atoms with Crippen molar-refractivity contribution in [3.05, 3.63) is 48.0 Å². The first-order valence-electron chi connectivity index (χ1n) is 8.69. The number of benzene rings is 1. The van der Waals surface area contributed by atoms with Crippen LogP contribution in [0.2, 0.25) is 0 Å². The molecule has 6 heteroatoms. The minimum Gasteiger partial charge on any atom is -0.490 e. The maximum atomic E-state index is 12.5. The van der Waals surface area contributed by atoms with E-state index in [4.69, 9.17) is 4.74 Å². The van der Waals surface area contributed by atoms with Crippen molar-refractivity contribution in [3.63, 3.8) is 0 Å². The van der Waals surface area contributed by atoms with E-state index in [1.807, 2.05) is 48.9 Å². The third-order valence-corrected chi connectivity index (χ3v) is 4.70. The molecule has 0 radical (unpaired) electrons. The first-order chi connectivity index (χ1) is 12.0. The number of amides is 1. The number of carbonyl (C=O) groups is 1. The summed E-state index contributed by atoms with van der Waals surface area (Å²) in [6.07, 6.45) is 4.84. The summed E-state index contributed by atoms with van der Waals surface area (Å²) in [5, 5.41) is 10.8. The van der Waals surface area contributed by atoms with Crippen molar-refractivity contribution < 1.29 is 14.6 Å². The number of aromatic nitrogens is 2. The number of hydrogen-bond acceptors (Lipinski definition) is 4. The SMILES string of the molecule is CCc1nccn1CC(=O)N1CC[C@@](O)(COc2ccccc2C)C1. The highest BCUT2D eigenvalue weighted by atomic mass is 16.5. The quantitative estimate of drug-likeness (QED) is 0.868. The number of rotatable bonds is 6.